The Bertz CT molecular complexity index is 941. The summed E-state index contributed by atoms with van der Waals surface area (Å²) >= 11 is 0. The van der Waals surface area contributed by atoms with Crippen molar-refractivity contribution in [2.24, 2.45) is 0 Å². The quantitative estimate of drug-likeness (QED) is 0.646. The molecule has 0 aliphatic heterocycles. The van der Waals surface area contributed by atoms with Gasteiger partial charge in [-0.1, -0.05) is 37.5 Å². The van der Waals surface area contributed by atoms with E-state index in [4.69, 9.17) is 9.72 Å². The number of aliphatic hydroxyl groups excluding tert-OH is 1. The fourth-order valence-electron chi connectivity index (χ4n) is 4.22. The average molecular weight is 379 g/mol. The van der Waals surface area contributed by atoms with Gasteiger partial charge in [0, 0.05) is 5.92 Å². The first-order chi connectivity index (χ1) is 13.6. The number of aliphatic hydroxyl groups is 1. The minimum atomic E-state index is -0.582. The van der Waals surface area contributed by atoms with Gasteiger partial charge in [-0.05, 0) is 62.1 Å². The molecule has 1 aliphatic carbocycles. The van der Waals surface area contributed by atoms with Gasteiger partial charge in [0.05, 0.1) is 17.6 Å². The first-order valence-corrected chi connectivity index (χ1v) is 10.4. The van der Waals surface area contributed by atoms with E-state index in [1.54, 1.807) is 0 Å². The summed E-state index contributed by atoms with van der Waals surface area (Å²) in [6.45, 7) is 4.95. The molecule has 148 valence electrons. The second-order valence-electron chi connectivity index (χ2n) is 8.12. The number of hydrogen-bond donors (Lipinski definition) is 1. The predicted molar refractivity (Wildman–Crippen MR) is 113 cm³/mol. The lowest BCUT2D eigenvalue weighted by Crippen LogP contribution is -2.25. The summed E-state index contributed by atoms with van der Waals surface area (Å²) in [7, 11) is 0. The second kappa shape index (κ2) is 8.36. The highest BCUT2D eigenvalue weighted by Crippen LogP contribution is 2.34. The van der Waals surface area contributed by atoms with E-state index < -0.39 is 6.10 Å². The number of rotatable bonds is 6. The van der Waals surface area contributed by atoms with Crippen LogP contribution in [0.3, 0.4) is 0 Å². The summed E-state index contributed by atoms with van der Waals surface area (Å²) in [5, 5.41) is 10.7. The molecule has 1 atom stereocenters. The third-order valence-electron chi connectivity index (χ3n) is 5.97. The molecule has 4 rings (SSSR count). The van der Waals surface area contributed by atoms with Crippen molar-refractivity contribution in [3.8, 4) is 5.75 Å². The Hall–Kier alpha value is -2.33. The molecule has 1 N–H and O–H groups in total. The van der Waals surface area contributed by atoms with E-state index in [0.29, 0.717) is 12.5 Å². The molecule has 4 nitrogen and oxygen atoms in total. The van der Waals surface area contributed by atoms with Gasteiger partial charge in [-0.3, -0.25) is 0 Å². The Labute approximate surface area is 167 Å². The highest BCUT2D eigenvalue weighted by molar-refractivity contribution is 5.76. The molecule has 1 saturated carbocycles. The molecule has 4 heteroatoms. The van der Waals surface area contributed by atoms with Crippen LogP contribution in [0.5, 0.6) is 5.75 Å². The van der Waals surface area contributed by atoms with Crippen molar-refractivity contribution in [2.75, 3.05) is 6.61 Å². The van der Waals surface area contributed by atoms with E-state index in [2.05, 4.69) is 36.6 Å². The topological polar surface area (TPSA) is 47.3 Å². The number of aromatic nitrogens is 2. The molecule has 1 aromatic heterocycles. The van der Waals surface area contributed by atoms with Crippen LogP contribution in [0.4, 0.5) is 0 Å². The van der Waals surface area contributed by atoms with Crippen LogP contribution in [0.15, 0.2) is 42.5 Å². The van der Waals surface area contributed by atoms with Crippen molar-refractivity contribution in [3.05, 3.63) is 59.4 Å². The van der Waals surface area contributed by atoms with Crippen LogP contribution in [-0.4, -0.2) is 27.4 Å². The third-order valence-corrected chi connectivity index (χ3v) is 5.97. The Morgan fingerprint density at radius 2 is 1.86 bits per heavy atom. The van der Waals surface area contributed by atoms with Crippen molar-refractivity contribution in [3.63, 3.8) is 0 Å². The number of imidazole rings is 1. The number of hydrogen-bond acceptors (Lipinski definition) is 3. The van der Waals surface area contributed by atoms with E-state index in [-0.39, 0.29) is 6.61 Å². The Morgan fingerprint density at radius 1 is 1.07 bits per heavy atom. The van der Waals surface area contributed by atoms with Crippen LogP contribution in [0.2, 0.25) is 0 Å². The number of nitrogens with zero attached hydrogens (tertiary/aromatic N) is 2. The molecule has 2 aromatic carbocycles. The maximum Gasteiger partial charge on any atom is 0.119 e. The van der Waals surface area contributed by atoms with Gasteiger partial charge in [-0.15, -0.1) is 0 Å². The fraction of sp³-hybridized carbons (Fsp3) is 0.458. The van der Waals surface area contributed by atoms with Gasteiger partial charge in [0.25, 0.3) is 0 Å². The standard InChI is InChI=1S/C24H30N2O2/c1-17-12-13-21(14-18(17)2)28-16-20(27)15-26-23-11-7-6-10-22(23)25-24(26)19-8-4-3-5-9-19/h6-7,10-14,19-20,27H,3-5,8-9,15-16H2,1-2H3/t20-/m1/s1. The van der Waals surface area contributed by atoms with Crippen LogP contribution in [0, 0.1) is 13.8 Å². The molecule has 0 spiro atoms. The minimum absolute atomic E-state index is 0.277. The van der Waals surface area contributed by atoms with Crippen LogP contribution < -0.4 is 4.74 Å². The van der Waals surface area contributed by atoms with Crippen molar-refractivity contribution in [1.29, 1.82) is 0 Å². The van der Waals surface area contributed by atoms with E-state index in [1.807, 2.05) is 24.3 Å². The normalized spacial score (nSPS) is 16.4. The molecule has 3 aromatic rings. The Kier molecular flexibility index (Phi) is 5.67. The largest absolute Gasteiger partial charge is 0.491 e. The van der Waals surface area contributed by atoms with Crippen LogP contribution >= 0.6 is 0 Å². The summed E-state index contributed by atoms with van der Waals surface area (Å²) in [6, 6.07) is 14.3. The molecule has 1 fully saturated rings. The van der Waals surface area contributed by atoms with Gasteiger partial charge in [-0.25, -0.2) is 4.98 Å². The first-order valence-electron chi connectivity index (χ1n) is 10.4. The fourth-order valence-corrected chi connectivity index (χ4v) is 4.22. The van der Waals surface area contributed by atoms with Gasteiger partial charge in [0.15, 0.2) is 0 Å². The second-order valence-corrected chi connectivity index (χ2v) is 8.12. The lowest BCUT2D eigenvalue weighted by Gasteiger charge is -2.23. The maximum absolute atomic E-state index is 10.7. The van der Waals surface area contributed by atoms with E-state index in [9.17, 15) is 5.11 Å². The average Bonchev–Trinajstić information content (AvgIpc) is 3.08. The first kappa shape index (κ1) is 19.0. The number of ether oxygens (including phenoxy) is 1. The summed E-state index contributed by atoms with van der Waals surface area (Å²) in [6.07, 6.45) is 5.67. The summed E-state index contributed by atoms with van der Waals surface area (Å²) in [5.41, 5.74) is 4.57. The molecule has 0 radical (unpaired) electrons. The van der Waals surface area contributed by atoms with Gasteiger partial charge in [0.2, 0.25) is 0 Å². The van der Waals surface area contributed by atoms with Crippen LogP contribution in [0.25, 0.3) is 11.0 Å². The number of fused-ring (bicyclic) bond motifs is 1. The number of aryl methyl sites for hydroxylation is 2. The van der Waals surface area contributed by atoms with Gasteiger partial charge < -0.3 is 14.4 Å². The van der Waals surface area contributed by atoms with E-state index >= 15 is 0 Å². The molecule has 0 saturated heterocycles. The predicted octanol–water partition coefficient (Wildman–Crippen LogP) is 5.14. The van der Waals surface area contributed by atoms with Crippen molar-refractivity contribution in [2.45, 2.75) is 64.5 Å². The maximum atomic E-state index is 10.7. The van der Waals surface area contributed by atoms with Gasteiger partial charge in [0.1, 0.15) is 24.3 Å². The number of benzene rings is 2. The zero-order chi connectivity index (χ0) is 19.5. The number of para-hydroxylation sites is 2. The monoisotopic (exact) mass is 378 g/mol. The zero-order valence-corrected chi connectivity index (χ0v) is 16.9. The van der Waals surface area contributed by atoms with Gasteiger partial charge in [-0.2, -0.15) is 0 Å². The SMILES string of the molecule is Cc1ccc(OC[C@H](O)Cn2c(C3CCCCC3)nc3ccccc32)cc1C. The molecular formula is C24H30N2O2. The minimum Gasteiger partial charge on any atom is -0.491 e. The Balaban J connectivity index is 1.51. The summed E-state index contributed by atoms with van der Waals surface area (Å²) in [4.78, 5) is 4.94. The summed E-state index contributed by atoms with van der Waals surface area (Å²) in [5.74, 6) is 2.44. The summed E-state index contributed by atoms with van der Waals surface area (Å²) < 4.78 is 8.09. The zero-order valence-electron chi connectivity index (χ0n) is 16.9. The lowest BCUT2D eigenvalue weighted by molar-refractivity contribution is 0.0922. The van der Waals surface area contributed by atoms with Crippen molar-refractivity contribution < 1.29 is 9.84 Å². The molecular weight excluding hydrogens is 348 g/mol. The smallest absolute Gasteiger partial charge is 0.119 e. The molecule has 1 heterocycles. The van der Waals surface area contributed by atoms with Crippen LogP contribution in [-0.2, 0) is 6.54 Å². The van der Waals surface area contributed by atoms with Crippen molar-refractivity contribution in [1.82, 2.24) is 9.55 Å². The van der Waals surface area contributed by atoms with Gasteiger partial charge >= 0.3 is 0 Å². The third kappa shape index (κ3) is 4.07. The van der Waals surface area contributed by atoms with Crippen LogP contribution in [0.1, 0.15) is 55.0 Å². The molecule has 0 amide bonds. The Morgan fingerprint density at radius 3 is 2.64 bits per heavy atom. The molecule has 0 unspecified atom stereocenters. The highest BCUT2D eigenvalue weighted by atomic mass is 16.5. The molecule has 0 bridgehead atoms. The molecule has 28 heavy (non-hydrogen) atoms. The lowest BCUT2D eigenvalue weighted by atomic mass is 9.88. The van der Waals surface area contributed by atoms with E-state index in [0.717, 1.165) is 22.6 Å². The van der Waals surface area contributed by atoms with Crippen molar-refractivity contribution >= 4 is 11.0 Å². The highest BCUT2D eigenvalue weighted by Gasteiger charge is 2.23. The van der Waals surface area contributed by atoms with E-state index in [1.165, 1.54) is 43.2 Å². The molecule has 1 aliphatic rings.